The van der Waals surface area contributed by atoms with E-state index in [4.69, 9.17) is 0 Å². The molecule has 2 aromatic rings. The zero-order valence-corrected chi connectivity index (χ0v) is 16.7. The van der Waals surface area contributed by atoms with Gasteiger partial charge in [0, 0.05) is 6.54 Å². The van der Waals surface area contributed by atoms with E-state index >= 15 is 0 Å². The van der Waals surface area contributed by atoms with Gasteiger partial charge in [0.1, 0.15) is 29.0 Å². The van der Waals surface area contributed by atoms with Crippen molar-refractivity contribution in [2.75, 3.05) is 6.61 Å². The molecule has 0 aromatic heterocycles. The number of hydrogen-bond donors (Lipinski definition) is 2. The number of nitrogens with one attached hydrogen (secondary N) is 2. The van der Waals surface area contributed by atoms with E-state index in [9.17, 15) is 31.5 Å². The van der Waals surface area contributed by atoms with Crippen LogP contribution >= 0.6 is 0 Å². The van der Waals surface area contributed by atoms with Gasteiger partial charge in [-0.2, -0.15) is 13.2 Å². The standard InChI is InChI=1S/C21H21F5N2O3/c1-12(2)18(28-19(29)17-15(22)4-3-5-16(17)23)20(30)27-10-13-6-8-14(9-7-13)31-11-21(24,25)26/h3-9,12,18H,10-11H2,1-2H3,(H,27,30)(H,28,29). The molecule has 0 fully saturated rings. The third-order valence-electron chi connectivity index (χ3n) is 4.22. The summed E-state index contributed by atoms with van der Waals surface area (Å²) in [6.07, 6.45) is -4.45. The predicted molar refractivity (Wildman–Crippen MR) is 102 cm³/mol. The number of carbonyl (C=O) groups excluding carboxylic acids is 2. The molecule has 0 aliphatic rings. The van der Waals surface area contributed by atoms with E-state index < -0.39 is 53.8 Å². The van der Waals surface area contributed by atoms with Gasteiger partial charge >= 0.3 is 6.18 Å². The van der Waals surface area contributed by atoms with Crippen molar-refractivity contribution in [1.29, 1.82) is 0 Å². The molecule has 0 spiro atoms. The molecule has 31 heavy (non-hydrogen) atoms. The summed E-state index contributed by atoms with van der Waals surface area (Å²) in [5.74, 6) is -4.11. The summed E-state index contributed by atoms with van der Waals surface area (Å²) in [5, 5.41) is 4.91. The Morgan fingerprint density at radius 2 is 1.58 bits per heavy atom. The van der Waals surface area contributed by atoms with E-state index in [0.717, 1.165) is 18.2 Å². The number of benzene rings is 2. The average Bonchev–Trinajstić information content (AvgIpc) is 2.68. The maximum absolute atomic E-state index is 13.8. The molecule has 0 radical (unpaired) electrons. The van der Waals surface area contributed by atoms with E-state index in [1.807, 2.05) is 0 Å². The molecule has 2 aromatic carbocycles. The molecule has 0 aliphatic carbocycles. The molecular formula is C21H21F5N2O3. The summed E-state index contributed by atoms with van der Waals surface area (Å²) in [7, 11) is 0. The van der Waals surface area contributed by atoms with Crippen molar-refractivity contribution < 1.29 is 36.3 Å². The van der Waals surface area contributed by atoms with Gasteiger partial charge in [0.15, 0.2) is 6.61 Å². The smallest absolute Gasteiger partial charge is 0.422 e. The minimum Gasteiger partial charge on any atom is -0.484 e. The number of ether oxygens (including phenoxy) is 1. The highest BCUT2D eigenvalue weighted by Crippen LogP contribution is 2.19. The Hall–Kier alpha value is -3.17. The van der Waals surface area contributed by atoms with Gasteiger partial charge in [0.05, 0.1) is 0 Å². The zero-order chi connectivity index (χ0) is 23.2. The fourth-order valence-corrected chi connectivity index (χ4v) is 2.63. The van der Waals surface area contributed by atoms with Crippen LogP contribution in [0, 0.1) is 17.6 Å². The molecule has 2 rings (SSSR count). The first-order valence-electron chi connectivity index (χ1n) is 9.29. The van der Waals surface area contributed by atoms with E-state index in [0.29, 0.717) is 5.56 Å². The number of rotatable bonds is 8. The summed E-state index contributed by atoms with van der Waals surface area (Å²) in [6, 6.07) is 7.53. The number of carbonyl (C=O) groups is 2. The summed E-state index contributed by atoms with van der Waals surface area (Å²) in [5.41, 5.74) is -0.211. The van der Waals surface area contributed by atoms with Crippen molar-refractivity contribution in [1.82, 2.24) is 10.6 Å². The second-order valence-corrected chi connectivity index (χ2v) is 7.06. The molecule has 0 saturated carbocycles. The van der Waals surface area contributed by atoms with Crippen LogP contribution in [0.25, 0.3) is 0 Å². The Kier molecular flexibility index (Phi) is 7.95. The molecule has 0 aliphatic heterocycles. The topological polar surface area (TPSA) is 67.4 Å². The first-order chi connectivity index (χ1) is 14.5. The summed E-state index contributed by atoms with van der Waals surface area (Å²) >= 11 is 0. The molecule has 5 nitrogen and oxygen atoms in total. The van der Waals surface area contributed by atoms with Crippen LogP contribution < -0.4 is 15.4 Å². The van der Waals surface area contributed by atoms with E-state index in [-0.39, 0.29) is 12.3 Å². The van der Waals surface area contributed by atoms with Crippen LogP contribution in [0.5, 0.6) is 5.75 Å². The van der Waals surface area contributed by atoms with Crippen molar-refractivity contribution in [3.05, 3.63) is 65.2 Å². The third kappa shape index (κ3) is 7.23. The molecule has 168 valence electrons. The molecule has 2 N–H and O–H groups in total. The highest BCUT2D eigenvalue weighted by atomic mass is 19.4. The van der Waals surface area contributed by atoms with Crippen LogP contribution in [0.3, 0.4) is 0 Å². The van der Waals surface area contributed by atoms with Gasteiger partial charge < -0.3 is 15.4 Å². The van der Waals surface area contributed by atoms with Crippen LogP contribution in [0.1, 0.15) is 29.8 Å². The number of amides is 2. The Morgan fingerprint density at radius 1 is 1.00 bits per heavy atom. The van der Waals surface area contributed by atoms with Crippen LogP contribution in [-0.4, -0.2) is 30.6 Å². The summed E-state index contributed by atoms with van der Waals surface area (Å²) < 4.78 is 68.7. The Morgan fingerprint density at radius 3 is 2.10 bits per heavy atom. The average molecular weight is 444 g/mol. The fraction of sp³-hybridized carbons (Fsp3) is 0.333. The third-order valence-corrected chi connectivity index (χ3v) is 4.22. The summed E-state index contributed by atoms with van der Waals surface area (Å²) in [6.45, 7) is 1.90. The molecule has 0 bridgehead atoms. The Labute approximate surface area is 175 Å². The maximum atomic E-state index is 13.8. The van der Waals surface area contributed by atoms with Gasteiger partial charge in [-0.05, 0) is 35.7 Å². The maximum Gasteiger partial charge on any atom is 0.422 e. The lowest BCUT2D eigenvalue weighted by Gasteiger charge is -2.22. The fourth-order valence-electron chi connectivity index (χ4n) is 2.63. The molecule has 10 heteroatoms. The van der Waals surface area contributed by atoms with Gasteiger partial charge in [0.2, 0.25) is 5.91 Å². The van der Waals surface area contributed by atoms with Crippen LogP contribution in [0.15, 0.2) is 42.5 Å². The molecule has 2 amide bonds. The van der Waals surface area contributed by atoms with E-state index in [1.165, 1.54) is 24.3 Å². The number of alkyl halides is 3. The van der Waals surface area contributed by atoms with E-state index in [2.05, 4.69) is 15.4 Å². The van der Waals surface area contributed by atoms with E-state index in [1.54, 1.807) is 13.8 Å². The molecule has 0 heterocycles. The number of hydrogen-bond acceptors (Lipinski definition) is 3. The van der Waals surface area contributed by atoms with Crippen molar-refractivity contribution >= 4 is 11.8 Å². The lowest BCUT2D eigenvalue weighted by Crippen LogP contribution is -2.49. The van der Waals surface area contributed by atoms with Crippen molar-refractivity contribution in [2.45, 2.75) is 32.6 Å². The van der Waals surface area contributed by atoms with Gasteiger partial charge in [-0.1, -0.05) is 32.0 Å². The zero-order valence-electron chi connectivity index (χ0n) is 16.7. The largest absolute Gasteiger partial charge is 0.484 e. The predicted octanol–water partition coefficient (Wildman–Crippen LogP) is 3.98. The SMILES string of the molecule is CC(C)C(NC(=O)c1c(F)cccc1F)C(=O)NCc1ccc(OCC(F)(F)F)cc1. The quantitative estimate of drug-likeness (QED) is 0.606. The first kappa shape index (κ1) is 24.1. The highest BCUT2D eigenvalue weighted by molar-refractivity contribution is 5.98. The second-order valence-electron chi connectivity index (χ2n) is 7.06. The van der Waals surface area contributed by atoms with Crippen molar-refractivity contribution in [3.8, 4) is 5.75 Å². The highest BCUT2D eigenvalue weighted by Gasteiger charge is 2.29. The normalized spacial score (nSPS) is 12.4. The minimum absolute atomic E-state index is 0.0194. The summed E-state index contributed by atoms with van der Waals surface area (Å²) in [4.78, 5) is 24.8. The first-order valence-corrected chi connectivity index (χ1v) is 9.29. The second kappa shape index (κ2) is 10.2. The monoisotopic (exact) mass is 444 g/mol. The molecular weight excluding hydrogens is 423 g/mol. The van der Waals surface area contributed by atoms with Crippen LogP contribution in [0.2, 0.25) is 0 Å². The Balaban J connectivity index is 1.97. The van der Waals surface area contributed by atoms with Gasteiger partial charge in [-0.15, -0.1) is 0 Å². The molecule has 1 atom stereocenters. The van der Waals surface area contributed by atoms with Gasteiger partial charge in [0.25, 0.3) is 5.91 Å². The lowest BCUT2D eigenvalue weighted by atomic mass is 10.0. The van der Waals surface area contributed by atoms with Gasteiger partial charge in [-0.25, -0.2) is 8.78 Å². The van der Waals surface area contributed by atoms with Crippen LogP contribution in [-0.2, 0) is 11.3 Å². The van der Waals surface area contributed by atoms with Crippen LogP contribution in [0.4, 0.5) is 22.0 Å². The number of halogens is 5. The lowest BCUT2D eigenvalue weighted by molar-refractivity contribution is -0.153. The van der Waals surface area contributed by atoms with Crippen molar-refractivity contribution in [3.63, 3.8) is 0 Å². The molecule has 1 unspecified atom stereocenters. The molecule has 0 saturated heterocycles. The Bertz CT molecular complexity index is 894. The van der Waals surface area contributed by atoms with Gasteiger partial charge in [-0.3, -0.25) is 9.59 Å². The van der Waals surface area contributed by atoms with Crippen molar-refractivity contribution in [2.24, 2.45) is 5.92 Å². The minimum atomic E-state index is -4.45.